The summed E-state index contributed by atoms with van der Waals surface area (Å²) in [5, 5.41) is 18.1. The number of carbonyl (C=O) groups is 3. The highest BCUT2D eigenvalue weighted by molar-refractivity contribution is 5.84. The van der Waals surface area contributed by atoms with Crippen molar-refractivity contribution in [2.45, 2.75) is 12.3 Å². The first-order valence-corrected chi connectivity index (χ1v) is 4.68. The zero-order chi connectivity index (χ0) is 15.2. The van der Waals surface area contributed by atoms with Gasteiger partial charge in [-0.25, -0.2) is 13.6 Å². The SMILES string of the molecule is O=C(O)CN(CC(=O)O)C(=O)NCC(F)(F)C(F)F. The first-order chi connectivity index (χ1) is 8.56. The Hall–Kier alpha value is -2.07. The van der Waals surface area contributed by atoms with Crippen LogP contribution in [0, 0.1) is 0 Å². The number of carboxylic acids is 2. The van der Waals surface area contributed by atoms with Crippen molar-refractivity contribution in [2.24, 2.45) is 0 Å². The van der Waals surface area contributed by atoms with Crippen LogP contribution in [-0.2, 0) is 9.59 Å². The van der Waals surface area contributed by atoms with E-state index in [0.717, 1.165) is 0 Å². The number of rotatable bonds is 7. The Bertz CT molecular complexity index is 347. The van der Waals surface area contributed by atoms with E-state index in [9.17, 15) is 31.9 Å². The van der Waals surface area contributed by atoms with Crippen LogP contribution in [0.1, 0.15) is 0 Å². The molecule has 19 heavy (non-hydrogen) atoms. The van der Waals surface area contributed by atoms with Crippen molar-refractivity contribution in [2.75, 3.05) is 19.6 Å². The quantitative estimate of drug-likeness (QED) is 0.575. The van der Waals surface area contributed by atoms with Gasteiger partial charge in [-0.2, -0.15) is 8.78 Å². The molecule has 0 rings (SSSR count). The number of hydrogen-bond acceptors (Lipinski definition) is 3. The summed E-state index contributed by atoms with van der Waals surface area (Å²) in [7, 11) is 0. The van der Waals surface area contributed by atoms with Gasteiger partial charge in [0.1, 0.15) is 13.1 Å². The molecule has 0 saturated carbocycles. The Balaban J connectivity index is 4.56. The highest BCUT2D eigenvalue weighted by Gasteiger charge is 2.41. The van der Waals surface area contributed by atoms with Gasteiger partial charge in [-0.05, 0) is 0 Å². The highest BCUT2D eigenvalue weighted by atomic mass is 19.3. The van der Waals surface area contributed by atoms with Crippen LogP contribution in [-0.4, -0.2) is 65.1 Å². The third-order valence-corrected chi connectivity index (χ3v) is 1.73. The van der Waals surface area contributed by atoms with Crippen LogP contribution in [0.25, 0.3) is 0 Å². The monoisotopic (exact) mass is 290 g/mol. The number of carboxylic acid groups (broad SMARTS) is 2. The minimum absolute atomic E-state index is 0.173. The third-order valence-electron chi connectivity index (χ3n) is 1.73. The molecule has 110 valence electrons. The Kier molecular flexibility index (Phi) is 6.02. The van der Waals surface area contributed by atoms with Crippen molar-refractivity contribution in [3.05, 3.63) is 0 Å². The smallest absolute Gasteiger partial charge is 0.324 e. The zero-order valence-electron chi connectivity index (χ0n) is 9.28. The van der Waals surface area contributed by atoms with Gasteiger partial charge in [-0.3, -0.25) is 9.59 Å². The molecule has 0 aliphatic rings. The Morgan fingerprint density at radius 3 is 1.84 bits per heavy atom. The van der Waals surface area contributed by atoms with Gasteiger partial charge < -0.3 is 20.4 Å². The second-order valence-corrected chi connectivity index (χ2v) is 3.36. The highest BCUT2D eigenvalue weighted by Crippen LogP contribution is 2.21. The maximum atomic E-state index is 12.5. The molecule has 0 spiro atoms. The van der Waals surface area contributed by atoms with E-state index < -0.39 is 50.0 Å². The molecule has 2 amide bonds. The number of alkyl halides is 4. The first-order valence-electron chi connectivity index (χ1n) is 4.68. The van der Waals surface area contributed by atoms with Gasteiger partial charge in [0.05, 0.1) is 6.54 Å². The fourth-order valence-corrected chi connectivity index (χ4v) is 0.908. The lowest BCUT2D eigenvalue weighted by Crippen LogP contribution is -2.49. The van der Waals surface area contributed by atoms with Crippen LogP contribution < -0.4 is 5.32 Å². The minimum atomic E-state index is -4.49. The summed E-state index contributed by atoms with van der Waals surface area (Å²) in [6.07, 6.45) is -4.01. The fraction of sp³-hybridized carbons (Fsp3) is 0.625. The number of halogens is 4. The van der Waals surface area contributed by atoms with Crippen LogP contribution in [0.2, 0.25) is 0 Å². The molecule has 0 aromatic heterocycles. The summed E-state index contributed by atoms with van der Waals surface area (Å²) in [6.45, 7) is -3.88. The van der Waals surface area contributed by atoms with Gasteiger partial charge in [-0.15, -0.1) is 0 Å². The molecular weight excluding hydrogens is 280 g/mol. The number of nitrogens with zero attached hydrogens (tertiary/aromatic N) is 1. The predicted octanol–water partition coefficient (Wildman–Crippen LogP) is 0.0676. The van der Waals surface area contributed by atoms with E-state index in [1.54, 1.807) is 0 Å². The number of urea groups is 1. The molecule has 0 aromatic rings. The third kappa shape index (κ3) is 6.43. The van der Waals surface area contributed by atoms with Crippen LogP contribution in [0.4, 0.5) is 22.4 Å². The Morgan fingerprint density at radius 2 is 1.53 bits per heavy atom. The average Bonchev–Trinajstić information content (AvgIpc) is 2.23. The van der Waals surface area contributed by atoms with Crippen molar-refractivity contribution in [1.82, 2.24) is 10.2 Å². The van der Waals surface area contributed by atoms with E-state index in [4.69, 9.17) is 10.2 Å². The molecule has 0 heterocycles. The number of aliphatic carboxylic acids is 2. The molecular formula is C8H10F4N2O5. The van der Waals surface area contributed by atoms with Gasteiger partial charge in [0, 0.05) is 0 Å². The van der Waals surface area contributed by atoms with Crippen LogP contribution in [0.5, 0.6) is 0 Å². The summed E-state index contributed by atoms with van der Waals surface area (Å²) in [6, 6.07) is -1.50. The van der Waals surface area contributed by atoms with E-state index in [2.05, 4.69) is 0 Å². The molecule has 0 aliphatic heterocycles. The first kappa shape index (κ1) is 16.9. The van der Waals surface area contributed by atoms with E-state index in [0.29, 0.717) is 0 Å². The topological polar surface area (TPSA) is 107 Å². The molecule has 3 N–H and O–H groups in total. The number of carbonyl (C=O) groups excluding carboxylic acids is 1. The Morgan fingerprint density at radius 1 is 1.11 bits per heavy atom. The predicted molar refractivity (Wildman–Crippen MR) is 51.2 cm³/mol. The zero-order valence-corrected chi connectivity index (χ0v) is 9.28. The second-order valence-electron chi connectivity index (χ2n) is 3.36. The summed E-state index contributed by atoms with van der Waals surface area (Å²) in [5.74, 6) is -7.66. The molecule has 0 unspecified atom stereocenters. The van der Waals surface area contributed by atoms with E-state index >= 15 is 0 Å². The number of hydrogen-bond donors (Lipinski definition) is 3. The molecule has 0 aliphatic carbocycles. The lowest BCUT2D eigenvalue weighted by molar-refractivity contribution is -0.140. The molecule has 0 atom stereocenters. The van der Waals surface area contributed by atoms with Crippen molar-refractivity contribution in [3.63, 3.8) is 0 Å². The lowest BCUT2D eigenvalue weighted by atomic mass is 10.3. The summed E-state index contributed by atoms with van der Waals surface area (Å²) >= 11 is 0. The molecule has 0 saturated heterocycles. The second kappa shape index (κ2) is 6.75. The van der Waals surface area contributed by atoms with Crippen LogP contribution in [0.15, 0.2) is 0 Å². The van der Waals surface area contributed by atoms with Crippen molar-refractivity contribution in [3.8, 4) is 0 Å². The van der Waals surface area contributed by atoms with Crippen molar-refractivity contribution < 1.29 is 42.2 Å². The minimum Gasteiger partial charge on any atom is -0.480 e. The molecule has 0 radical (unpaired) electrons. The summed E-state index contributed by atoms with van der Waals surface area (Å²) in [5.41, 5.74) is 0. The lowest BCUT2D eigenvalue weighted by Gasteiger charge is -2.21. The van der Waals surface area contributed by atoms with Gasteiger partial charge in [0.2, 0.25) is 0 Å². The molecule has 7 nitrogen and oxygen atoms in total. The largest absolute Gasteiger partial charge is 0.480 e. The van der Waals surface area contributed by atoms with Gasteiger partial charge >= 0.3 is 30.3 Å². The van der Waals surface area contributed by atoms with E-state index in [1.165, 1.54) is 5.32 Å². The van der Waals surface area contributed by atoms with E-state index in [-0.39, 0.29) is 4.90 Å². The normalized spacial score (nSPS) is 11.2. The van der Waals surface area contributed by atoms with E-state index in [1.807, 2.05) is 0 Å². The summed E-state index contributed by atoms with van der Waals surface area (Å²) in [4.78, 5) is 32.0. The molecule has 0 bridgehead atoms. The maximum absolute atomic E-state index is 12.5. The van der Waals surface area contributed by atoms with Crippen molar-refractivity contribution >= 4 is 18.0 Å². The van der Waals surface area contributed by atoms with Gasteiger partial charge in [0.25, 0.3) is 0 Å². The van der Waals surface area contributed by atoms with Crippen molar-refractivity contribution in [1.29, 1.82) is 0 Å². The molecule has 0 aromatic carbocycles. The van der Waals surface area contributed by atoms with Gasteiger partial charge in [-0.1, -0.05) is 0 Å². The average molecular weight is 290 g/mol. The fourth-order valence-electron chi connectivity index (χ4n) is 0.908. The maximum Gasteiger partial charge on any atom is 0.324 e. The summed E-state index contributed by atoms with van der Waals surface area (Å²) < 4.78 is 48.5. The van der Waals surface area contributed by atoms with Crippen LogP contribution >= 0.6 is 0 Å². The number of nitrogens with one attached hydrogen (secondary N) is 1. The van der Waals surface area contributed by atoms with Gasteiger partial charge in [0.15, 0.2) is 0 Å². The molecule has 11 heteroatoms. The molecule has 0 fully saturated rings. The Labute approximate surface area is 103 Å². The number of amides is 2. The standard InChI is InChI=1S/C8H10F4N2O5/c9-6(10)8(11,12)3-13-7(19)14(1-4(15)16)2-5(17)18/h6H,1-3H2,(H,13,19)(H,15,16)(H,17,18). The van der Waals surface area contributed by atoms with Crippen LogP contribution in [0.3, 0.4) is 0 Å².